The quantitative estimate of drug-likeness (QED) is 0.534. The number of halogens is 1. The van der Waals surface area contributed by atoms with Crippen molar-refractivity contribution in [2.75, 3.05) is 12.4 Å². The number of fused-ring (bicyclic) bond motifs is 5. The molecule has 6 heteroatoms. The predicted molar refractivity (Wildman–Crippen MR) is 133 cm³/mol. The molecule has 5 nitrogen and oxygen atoms in total. The van der Waals surface area contributed by atoms with Crippen LogP contribution in [0.1, 0.15) is 68.9 Å². The second kappa shape index (κ2) is 9.33. The summed E-state index contributed by atoms with van der Waals surface area (Å²) in [5, 5.41) is 3.68. The van der Waals surface area contributed by atoms with Crippen molar-refractivity contribution in [2.24, 2.45) is 23.2 Å². The Balaban J connectivity index is 1.25. The summed E-state index contributed by atoms with van der Waals surface area (Å²) in [6.07, 6.45) is 8.64. The highest BCUT2D eigenvalue weighted by molar-refractivity contribution is 6.30. The molecule has 1 aromatic heterocycles. The van der Waals surface area contributed by atoms with Gasteiger partial charge in [0.2, 0.25) is 5.91 Å². The Kier molecular flexibility index (Phi) is 6.41. The summed E-state index contributed by atoms with van der Waals surface area (Å²) >= 11 is 6.27. The van der Waals surface area contributed by atoms with Crippen LogP contribution in [0.25, 0.3) is 0 Å². The molecule has 0 spiro atoms. The van der Waals surface area contributed by atoms with Crippen LogP contribution in [0.3, 0.4) is 0 Å². The van der Waals surface area contributed by atoms with Crippen LogP contribution in [0.15, 0.2) is 36.5 Å². The molecule has 2 saturated carbocycles. The molecule has 0 aliphatic heterocycles. The Hall–Kier alpha value is -2.40. The summed E-state index contributed by atoms with van der Waals surface area (Å²) in [6, 6.07) is 9.84. The lowest BCUT2D eigenvalue weighted by molar-refractivity contribution is -0.129. The van der Waals surface area contributed by atoms with Gasteiger partial charge in [0.25, 0.3) is 0 Å². The molecule has 3 aliphatic rings. The molecule has 0 bridgehead atoms. The van der Waals surface area contributed by atoms with Crippen molar-refractivity contribution in [1.82, 2.24) is 4.98 Å². The smallest absolute Gasteiger partial charge is 0.225 e. The third-order valence-corrected chi connectivity index (χ3v) is 8.98. The summed E-state index contributed by atoms with van der Waals surface area (Å²) in [5.74, 6) is 3.40. The number of ketones is 1. The largest absolute Gasteiger partial charge is 0.497 e. The van der Waals surface area contributed by atoms with Crippen LogP contribution in [0.4, 0.5) is 5.82 Å². The lowest BCUT2D eigenvalue weighted by Crippen LogP contribution is -2.44. The van der Waals surface area contributed by atoms with Crippen molar-refractivity contribution < 1.29 is 14.3 Å². The highest BCUT2D eigenvalue weighted by Gasteiger charge is 2.58. The molecule has 1 heterocycles. The number of aryl methyl sites for hydroxylation is 1. The van der Waals surface area contributed by atoms with Gasteiger partial charge in [-0.05, 0) is 91.5 Å². The van der Waals surface area contributed by atoms with E-state index in [4.69, 9.17) is 16.3 Å². The number of pyridine rings is 1. The van der Waals surface area contributed by atoms with Crippen molar-refractivity contribution in [2.45, 2.75) is 64.2 Å². The summed E-state index contributed by atoms with van der Waals surface area (Å²) in [6.45, 7) is 2.22. The Bertz CT molecular complexity index is 1100. The molecule has 5 atom stereocenters. The molecule has 0 radical (unpaired) electrons. The number of methoxy groups -OCH3 is 1. The van der Waals surface area contributed by atoms with Gasteiger partial charge in [0.15, 0.2) is 0 Å². The van der Waals surface area contributed by atoms with Crippen molar-refractivity contribution in [3.63, 3.8) is 0 Å². The molecular formula is C28H33ClN2O3. The van der Waals surface area contributed by atoms with Gasteiger partial charge in [-0.3, -0.25) is 9.59 Å². The molecular weight excluding hydrogens is 448 g/mol. The van der Waals surface area contributed by atoms with Gasteiger partial charge in [-0.25, -0.2) is 4.98 Å². The second-order valence-corrected chi connectivity index (χ2v) is 11.0. The first-order valence-electron chi connectivity index (χ1n) is 12.5. The van der Waals surface area contributed by atoms with Crippen LogP contribution in [-0.4, -0.2) is 23.8 Å². The first-order valence-corrected chi connectivity index (χ1v) is 12.9. The Morgan fingerprint density at radius 2 is 2.12 bits per heavy atom. The summed E-state index contributed by atoms with van der Waals surface area (Å²) < 4.78 is 5.20. The SMILES string of the molecule is COc1ccnc(NC(=O)CCC[C@@H]2CC(=O)[C@@]3(C)CCC4c5ccc(Cl)cc5CCC4C23)c1. The maximum absolute atomic E-state index is 13.2. The summed E-state index contributed by atoms with van der Waals surface area (Å²) in [4.78, 5) is 29.9. The maximum Gasteiger partial charge on any atom is 0.225 e. The molecule has 3 unspecified atom stereocenters. The molecule has 1 aromatic carbocycles. The van der Waals surface area contributed by atoms with E-state index in [0.717, 1.165) is 43.5 Å². The number of carbonyl (C=O) groups is 2. The number of aromatic nitrogens is 1. The zero-order valence-corrected chi connectivity index (χ0v) is 20.7. The minimum absolute atomic E-state index is 0.0437. The number of rotatable bonds is 6. The van der Waals surface area contributed by atoms with Crippen molar-refractivity contribution in [3.05, 3.63) is 52.7 Å². The Labute approximate surface area is 206 Å². The van der Waals surface area contributed by atoms with E-state index in [1.54, 1.807) is 25.4 Å². The standard InChI is InChI=1S/C28H33ClN2O3/c1-28-12-10-22-21-9-7-19(29)14-17(21)6-8-23(22)27(28)18(15-24(28)32)4-3-5-26(33)31-25-16-20(34-2)11-13-30-25/h7,9,11,13-14,16,18,22-23,27H,3-6,8,10,12,15H2,1-2H3,(H,30,31,33)/t18-,22?,23?,27?,28-/m1/s1. The van der Waals surface area contributed by atoms with Crippen LogP contribution in [0.2, 0.25) is 5.02 Å². The average Bonchev–Trinajstić information content (AvgIpc) is 3.08. The van der Waals surface area contributed by atoms with Gasteiger partial charge in [-0.2, -0.15) is 0 Å². The van der Waals surface area contributed by atoms with E-state index in [9.17, 15) is 9.59 Å². The maximum atomic E-state index is 13.2. The fourth-order valence-electron chi connectivity index (χ4n) is 7.21. The number of hydrogen-bond acceptors (Lipinski definition) is 4. The van der Waals surface area contributed by atoms with Gasteiger partial charge in [0, 0.05) is 35.5 Å². The first-order chi connectivity index (χ1) is 16.4. The van der Waals surface area contributed by atoms with Crippen molar-refractivity contribution in [1.29, 1.82) is 0 Å². The molecule has 1 N–H and O–H groups in total. The van der Waals surface area contributed by atoms with Crippen molar-refractivity contribution >= 4 is 29.1 Å². The monoisotopic (exact) mass is 480 g/mol. The van der Waals surface area contributed by atoms with Crippen LogP contribution >= 0.6 is 11.6 Å². The third-order valence-electron chi connectivity index (χ3n) is 8.75. The average molecular weight is 481 g/mol. The normalized spacial score (nSPS) is 29.7. The number of ether oxygens (including phenoxy) is 1. The van der Waals surface area contributed by atoms with Gasteiger partial charge in [-0.15, -0.1) is 0 Å². The van der Waals surface area contributed by atoms with Gasteiger partial charge in [0.1, 0.15) is 17.4 Å². The minimum atomic E-state index is -0.206. The molecule has 1 amide bonds. The van der Waals surface area contributed by atoms with E-state index < -0.39 is 0 Å². The molecule has 180 valence electrons. The zero-order chi connectivity index (χ0) is 23.9. The third kappa shape index (κ3) is 4.24. The number of Topliss-reactive ketones (excluding diaryl/α,β-unsaturated/α-hetero) is 1. The highest BCUT2D eigenvalue weighted by atomic mass is 35.5. The second-order valence-electron chi connectivity index (χ2n) is 10.5. The predicted octanol–water partition coefficient (Wildman–Crippen LogP) is 6.20. The van der Waals surface area contributed by atoms with Gasteiger partial charge >= 0.3 is 0 Å². The molecule has 5 rings (SSSR count). The van der Waals surface area contributed by atoms with E-state index in [1.165, 1.54) is 11.1 Å². The number of carbonyl (C=O) groups excluding carboxylic acids is 2. The Morgan fingerprint density at radius 1 is 1.26 bits per heavy atom. The highest BCUT2D eigenvalue weighted by Crippen LogP contribution is 2.62. The fraction of sp³-hybridized carbons (Fsp3) is 0.536. The van der Waals surface area contributed by atoms with E-state index in [0.29, 0.717) is 53.9 Å². The van der Waals surface area contributed by atoms with E-state index >= 15 is 0 Å². The summed E-state index contributed by atoms with van der Waals surface area (Å²) in [5.41, 5.74) is 2.63. The van der Waals surface area contributed by atoms with Crippen LogP contribution < -0.4 is 10.1 Å². The minimum Gasteiger partial charge on any atom is -0.497 e. The number of nitrogens with one attached hydrogen (secondary N) is 1. The number of anilines is 1. The van der Waals surface area contributed by atoms with E-state index in [2.05, 4.69) is 29.4 Å². The lowest BCUT2D eigenvalue weighted by atomic mass is 9.54. The van der Waals surface area contributed by atoms with Crippen LogP contribution in [-0.2, 0) is 16.0 Å². The number of amides is 1. The molecule has 34 heavy (non-hydrogen) atoms. The number of benzene rings is 1. The fourth-order valence-corrected chi connectivity index (χ4v) is 7.41. The first kappa shape index (κ1) is 23.3. The molecule has 0 saturated heterocycles. The lowest BCUT2D eigenvalue weighted by Gasteiger charge is -2.50. The Morgan fingerprint density at radius 3 is 2.94 bits per heavy atom. The number of nitrogens with zero attached hydrogens (tertiary/aromatic N) is 1. The van der Waals surface area contributed by atoms with Crippen LogP contribution in [0, 0.1) is 23.2 Å². The molecule has 3 aliphatic carbocycles. The molecule has 2 fully saturated rings. The van der Waals surface area contributed by atoms with Gasteiger partial charge in [0.05, 0.1) is 7.11 Å². The van der Waals surface area contributed by atoms with Gasteiger partial charge < -0.3 is 10.1 Å². The zero-order valence-electron chi connectivity index (χ0n) is 20.0. The summed E-state index contributed by atoms with van der Waals surface area (Å²) in [7, 11) is 1.59. The van der Waals surface area contributed by atoms with Crippen molar-refractivity contribution in [3.8, 4) is 5.75 Å². The van der Waals surface area contributed by atoms with E-state index in [-0.39, 0.29) is 11.3 Å². The van der Waals surface area contributed by atoms with Crippen LogP contribution in [0.5, 0.6) is 5.75 Å². The van der Waals surface area contributed by atoms with Gasteiger partial charge in [-0.1, -0.05) is 24.6 Å². The topological polar surface area (TPSA) is 68.3 Å². The number of hydrogen-bond donors (Lipinski definition) is 1. The van der Waals surface area contributed by atoms with E-state index in [1.807, 2.05) is 6.07 Å². The molecule has 2 aromatic rings.